The van der Waals surface area contributed by atoms with Crippen LogP contribution in [0.25, 0.3) is 0 Å². The van der Waals surface area contributed by atoms with Crippen molar-refractivity contribution in [3.05, 3.63) is 24.3 Å². The predicted molar refractivity (Wildman–Crippen MR) is 51.2 cm³/mol. The molecular formula is C10H12N2O. The van der Waals surface area contributed by atoms with Crippen LogP contribution in [0.15, 0.2) is 29.4 Å². The SMILES string of the molecule is CC(=O)N1CC2CC=CC=CC2=N1. The molecule has 1 heterocycles. The molecule has 0 fully saturated rings. The van der Waals surface area contributed by atoms with E-state index in [2.05, 4.69) is 11.2 Å². The molecule has 68 valence electrons. The number of amides is 1. The lowest BCUT2D eigenvalue weighted by Gasteiger charge is -2.09. The first-order valence-electron chi connectivity index (χ1n) is 4.47. The summed E-state index contributed by atoms with van der Waals surface area (Å²) >= 11 is 0. The first-order valence-corrected chi connectivity index (χ1v) is 4.47. The molecule has 2 rings (SSSR count). The highest BCUT2D eigenvalue weighted by molar-refractivity contribution is 5.99. The van der Waals surface area contributed by atoms with E-state index in [1.165, 1.54) is 0 Å². The highest BCUT2D eigenvalue weighted by Crippen LogP contribution is 2.20. The first-order chi connectivity index (χ1) is 6.27. The van der Waals surface area contributed by atoms with Gasteiger partial charge in [0.25, 0.3) is 0 Å². The Balaban J connectivity index is 2.20. The number of hydrogen-bond acceptors (Lipinski definition) is 2. The van der Waals surface area contributed by atoms with Gasteiger partial charge in [-0.15, -0.1) is 0 Å². The minimum Gasteiger partial charge on any atom is -0.273 e. The Hall–Kier alpha value is -1.38. The summed E-state index contributed by atoms with van der Waals surface area (Å²) in [6, 6.07) is 0. The van der Waals surface area contributed by atoms with E-state index in [4.69, 9.17) is 0 Å². The van der Waals surface area contributed by atoms with Crippen molar-refractivity contribution in [3.8, 4) is 0 Å². The largest absolute Gasteiger partial charge is 0.273 e. The lowest BCUT2D eigenvalue weighted by molar-refractivity contribution is -0.128. The second-order valence-corrected chi connectivity index (χ2v) is 3.35. The number of allylic oxidation sites excluding steroid dienone is 4. The van der Waals surface area contributed by atoms with Crippen molar-refractivity contribution >= 4 is 11.6 Å². The molecule has 0 aromatic heterocycles. The topological polar surface area (TPSA) is 32.7 Å². The Bertz CT molecular complexity index is 315. The minimum atomic E-state index is 0.0259. The van der Waals surface area contributed by atoms with Crippen molar-refractivity contribution in [2.75, 3.05) is 6.54 Å². The lowest BCUT2D eigenvalue weighted by atomic mass is 10.0. The van der Waals surface area contributed by atoms with Crippen LogP contribution in [0.1, 0.15) is 13.3 Å². The number of carbonyl (C=O) groups is 1. The number of rotatable bonds is 0. The molecule has 0 aromatic carbocycles. The molecule has 3 nitrogen and oxygen atoms in total. The van der Waals surface area contributed by atoms with Crippen LogP contribution in [0.3, 0.4) is 0 Å². The Kier molecular flexibility index (Phi) is 2.00. The minimum absolute atomic E-state index is 0.0259. The van der Waals surface area contributed by atoms with E-state index in [1.807, 2.05) is 18.2 Å². The molecule has 0 saturated carbocycles. The van der Waals surface area contributed by atoms with E-state index < -0.39 is 0 Å². The van der Waals surface area contributed by atoms with Crippen LogP contribution in [0, 0.1) is 5.92 Å². The molecular weight excluding hydrogens is 164 g/mol. The monoisotopic (exact) mass is 176 g/mol. The summed E-state index contributed by atoms with van der Waals surface area (Å²) in [5.74, 6) is 0.428. The van der Waals surface area contributed by atoms with Gasteiger partial charge in [-0.2, -0.15) is 5.10 Å². The quantitative estimate of drug-likeness (QED) is 0.548. The van der Waals surface area contributed by atoms with Gasteiger partial charge in [0.2, 0.25) is 5.91 Å². The maximum atomic E-state index is 11.1. The van der Waals surface area contributed by atoms with E-state index in [-0.39, 0.29) is 5.91 Å². The van der Waals surface area contributed by atoms with Gasteiger partial charge in [0.05, 0.1) is 12.3 Å². The molecule has 1 amide bonds. The fraction of sp³-hybridized carbons (Fsp3) is 0.400. The Morgan fingerprint density at radius 3 is 3.23 bits per heavy atom. The summed E-state index contributed by atoms with van der Waals surface area (Å²) in [4.78, 5) is 11.1. The molecule has 1 atom stereocenters. The summed E-state index contributed by atoms with van der Waals surface area (Å²) in [6.45, 7) is 2.29. The summed E-state index contributed by atoms with van der Waals surface area (Å²) in [7, 11) is 0. The van der Waals surface area contributed by atoms with Gasteiger partial charge in [-0.1, -0.05) is 18.2 Å². The van der Waals surface area contributed by atoms with Crippen molar-refractivity contribution in [2.45, 2.75) is 13.3 Å². The number of carbonyl (C=O) groups excluding carboxylic acids is 1. The molecule has 2 aliphatic rings. The number of nitrogens with zero attached hydrogens (tertiary/aromatic N) is 2. The summed E-state index contributed by atoms with van der Waals surface area (Å²) < 4.78 is 0. The van der Waals surface area contributed by atoms with Crippen LogP contribution in [-0.4, -0.2) is 23.2 Å². The van der Waals surface area contributed by atoms with Crippen molar-refractivity contribution in [1.29, 1.82) is 0 Å². The summed E-state index contributed by atoms with van der Waals surface area (Å²) in [6.07, 6.45) is 9.08. The first kappa shape index (κ1) is 8.23. The van der Waals surface area contributed by atoms with Gasteiger partial charge in [0.1, 0.15) is 0 Å². The van der Waals surface area contributed by atoms with Gasteiger partial charge in [-0.3, -0.25) is 4.79 Å². The third kappa shape index (κ3) is 1.54. The fourth-order valence-electron chi connectivity index (χ4n) is 1.60. The molecule has 13 heavy (non-hydrogen) atoms. The van der Waals surface area contributed by atoms with Gasteiger partial charge >= 0.3 is 0 Å². The molecule has 1 aliphatic heterocycles. The van der Waals surface area contributed by atoms with E-state index in [9.17, 15) is 4.79 Å². The van der Waals surface area contributed by atoms with Crippen molar-refractivity contribution < 1.29 is 4.79 Å². The molecule has 3 heteroatoms. The molecule has 0 N–H and O–H groups in total. The second kappa shape index (κ2) is 3.17. The van der Waals surface area contributed by atoms with Crippen LogP contribution in [-0.2, 0) is 4.79 Å². The molecule has 0 bridgehead atoms. The maximum absolute atomic E-state index is 11.1. The molecule has 1 aliphatic carbocycles. The van der Waals surface area contributed by atoms with Gasteiger partial charge in [0, 0.05) is 12.8 Å². The number of hydrogen-bond donors (Lipinski definition) is 0. The summed E-state index contributed by atoms with van der Waals surface area (Å²) in [5.41, 5.74) is 1.03. The zero-order valence-corrected chi connectivity index (χ0v) is 7.60. The van der Waals surface area contributed by atoms with Gasteiger partial charge in [0.15, 0.2) is 0 Å². The Labute approximate surface area is 77.4 Å². The zero-order valence-electron chi connectivity index (χ0n) is 7.60. The van der Waals surface area contributed by atoms with E-state index >= 15 is 0 Å². The molecule has 0 saturated heterocycles. The van der Waals surface area contributed by atoms with Crippen LogP contribution in [0.2, 0.25) is 0 Å². The Morgan fingerprint density at radius 1 is 1.62 bits per heavy atom. The van der Waals surface area contributed by atoms with Crippen LogP contribution in [0.5, 0.6) is 0 Å². The second-order valence-electron chi connectivity index (χ2n) is 3.35. The van der Waals surface area contributed by atoms with Gasteiger partial charge in [-0.05, 0) is 12.5 Å². The van der Waals surface area contributed by atoms with Crippen LogP contribution < -0.4 is 0 Å². The highest BCUT2D eigenvalue weighted by Gasteiger charge is 2.26. The number of fused-ring (bicyclic) bond motifs is 1. The standard InChI is InChI=1S/C10H12N2O/c1-8(13)12-7-9-5-3-2-4-6-10(9)11-12/h2-4,6,9H,5,7H2,1H3. The van der Waals surface area contributed by atoms with Gasteiger partial charge < -0.3 is 0 Å². The van der Waals surface area contributed by atoms with Crippen molar-refractivity contribution in [2.24, 2.45) is 11.0 Å². The predicted octanol–water partition coefficient (Wildman–Crippen LogP) is 1.34. The average molecular weight is 176 g/mol. The average Bonchev–Trinajstić information content (AvgIpc) is 2.38. The van der Waals surface area contributed by atoms with Crippen molar-refractivity contribution in [1.82, 2.24) is 5.01 Å². The summed E-state index contributed by atoms with van der Waals surface area (Å²) in [5, 5.41) is 5.79. The molecule has 0 spiro atoms. The highest BCUT2D eigenvalue weighted by atomic mass is 16.2. The zero-order chi connectivity index (χ0) is 9.26. The third-order valence-corrected chi connectivity index (χ3v) is 2.35. The van der Waals surface area contributed by atoms with E-state index in [1.54, 1.807) is 11.9 Å². The van der Waals surface area contributed by atoms with Gasteiger partial charge in [-0.25, -0.2) is 5.01 Å². The molecule has 1 unspecified atom stereocenters. The van der Waals surface area contributed by atoms with E-state index in [0.29, 0.717) is 5.92 Å². The number of hydrazone groups is 1. The van der Waals surface area contributed by atoms with E-state index in [0.717, 1.165) is 18.7 Å². The smallest absolute Gasteiger partial charge is 0.239 e. The van der Waals surface area contributed by atoms with Crippen molar-refractivity contribution in [3.63, 3.8) is 0 Å². The molecule has 0 aromatic rings. The third-order valence-electron chi connectivity index (χ3n) is 2.35. The van der Waals surface area contributed by atoms with Crippen LogP contribution in [0.4, 0.5) is 0 Å². The normalized spacial score (nSPS) is 25.5. The van der Waals surface area contributed by atoms with Crippen LogP contribution >= 0.6 is 0 Å². The molecule has 0 radical (unpaired) electrons. The Morgan fingerprint density at radius 2 is 2.46 bits per heavy atom. The lowest BCUT2D eigenvalue weighted by Crippen LogP contribution is -2.23. The maximum Gasteiger partial charge on any atom is 0.239 e. The fourth-order valence-corrected chi connectivity index (χ4v) is 1.60.